The van der Waals surface area contributed by atoms with E-state index in [9.17, 15) is 5.11 Å². The second kappa shape index (κ2) is 7.36. The number of hydrogen-bond donors (Lipinski definition) is 1. The molecule has 0 fully saturated rings. The van der Waals surface area contributed by atoms with Gasteiger partial charge in [-0.05, 0) is 30.0 Å². The minimum Gasteiger partial charge on any atom is -0.388 e. The van der Waals surface area contributed by atoms with Gasteiger partial charge >= 0.3 is 0 Å². The van der Waals surface area contributed by atoms with Crippen LogP contribution in [0.25, 0.3) is 0 Å². The van der Waals surface area contributed by atoms with Gasteiger partial charge in [-0.25, -0.2) is 0 Å². The molecule has 0 aromatic carbocycles. The van der Waals surface area contributed by atoms with Crippen LogP contribution in [0.2, 0.25) is 0 Å². The standard InChI is InChI=1S/C13H21NO2/c1-11(2)5-9-16-10-6-13(15)12-3-7-14-8-4-12/h3-4,7-8,11,13,15H,5-6,9-10H2,1-2H3. The van der Waals surface area contributed by atoms with Gasteiger partial charge in [0.1, 0.15) is 0 Å². The van der Waals surface area contributed by atoms with Gasteiger partial charge in [-0.15, -0.1) is 0 Å². The number of pyridine rings is 1. The summed E-state index contributed by atoms with van der Waals surface area (Å²) in [7, 11) is 0. The van der Waals surface area contributed by atoms with Crippen LogP contribution in [0.4, 0.5) is 0 Å². The number of rotatable bonds is 7. The van der Waals surface area contributed by atoms with E-state index < -0.39 is 6.10 Å². The molecule has 1 aromatic heterocycles. The van der Waals surface area contributed by atoms with Crippen molar-refractivity contribution in [2.24, 2.45) is 5.92 Å². The molecule has 0 bridgehead atoms. The maximum atomic E-state index is 9.82. The van der Waals surface area contributed by atoms with Crippen molar-refractivity contribution < 1.29 is 9.84 Å². The Kier molecular flexibility index (Phi) is 6.04. The first kappa shape index (κ1) is 13.1. The second-order valence-electron chi connectivity index (χ2n) is 4.38. The maximum Gasteiger partial charge on any atom is 0.0813 e. The van der Waals surface area contributed by atoms with Gasteiger partial charge in [0.05, 0.1) is 6.10 Å². The highest BCUT2D eigenvalue weighted by molar-refractivity contribution is 5.12. The average Bonchev–Trinajstić information content (AvgIpc) is 2.29. The Morgan fingerprint density at radius 1 is 1.19 bits per heavy atom. The molecule has 1 unspecified atom stereocenters. The Morgan fingerprint density at radius 3 is 2.44 bits per heavy atom. The first-order chi connectivity index (χ1) is 7.70. The van der Waals surface area contributed by atoms with E-state index in [-0.39, 0.29) is 0 Å². The fourth-order valence-electron chi connectivity index (χ4n) is 1.37. The van der Waals surface area contributed by atoms with E-state index in [0.29, 0.717) is 18.9 Å². The Hall–Kier alpha value is -0.930. The number of aliphatic hydroxyl groups is 1. The number of aromatic nitrogens is 1. The van der Waals surface area contributed by atoms with Crippen molar-refractivity contribution >= 4 is 0 Å². The molecule has 0 aliphatic rings. The SMILES string of the molecule is CC(C)CCOCCC(O)c1ccncc1. The third kappa shape index (κ3) is 5.24. The molecule has 0 spiro atoms. The van der Waals surface area contributed by atoms with Crippen LogP contribution in [-0.2, 0) is 4.74 Å². The van der Waals surface area contributed by atoms with Crippen molar-refractivity contribution in [2.75, 3.05) is 13.2 Å². The van der Waals surface area contributed by atoms with E-state index in [4.69, 9.17) is 4.74 Å². The summed E-state index contributed by atoms with van der Waals surface area (Å²) >= 11 is 0. The van der Waals surface area contributed by atoms with Crippen LogP contribution in [0, 0.1) is 5.92 Å². The lowest BCUT2D eigenvalue weighted by atomic mass is 10.1. The third-order valence-corrected chi connectivity index (χ3v) is 2.47. The minimum absolute atomic E-state index is 0.443. The van der Waals surface area contributed by atoms with E-state index in [0.717, 1.165) is 18.6 Å². The third-order valence-electron chi connectivity index (χ3n) is 2.47. The molecule has 3 nitrogen and oxygen atoms in total. The average molecular weight is 223 g/mol. The van der Waals surface area contributed by atoms with E-state index in [1.165, 1.54) is 0 Å². The van der Waals surface area contributed by atoms with Crippen LogP contribution >= 0.6 is 0 Å². The van der Waals surface area contributed by atoms with Crippen molar-refractivity contribution in [3.05, 3.63) is 30.1 Å². The summed E-state index contributed by atoms with van der Waals surface area (Å²) in [6.45, 7) is 5.74. The molecule has 16 heavy (non-hydrogen) atoms. The molecular weight excluding hydrogens is 202 g/mol. The molecule has 3 heteroatoms. The van der Waals surface area contributed by atoms with Gasteiger partial charge in [-0.1, -0.05) is 13.8 Å². The van der Waals surface area contributed by atoms with Gasteiger partial charge in [0.2, 0.25) is 0 Å². The van der Waals surface area contributed by atoms with Gasteiger partial charge in [0.25, 0.3) is 0 Å². The zero-order valence-corrected chi connectivity index (χ0v) is 10.1. The summed E-state index contributed by atoms with van der Waals surface area (Å²) in [5.74, 6) is 0.671. The van der Waals surface area contributed by atoms with E-state index in [1.807, 2.05) is 12.1 Å². The molecule has 1 heterocycles. The predicted molar refractivity (Wildman–Crippen MR) is 64.1 cm³/mol. The summed E-state index contributed by atoms with van der Waals surface area (Å²) in [5, 5.41) is 9.82. The number of ether oxygens (including phenoxy) is 1. The quantitative estimate of drug-likeness (QED) is 0.722. The molecule has 1 N–H and O–H groups in total. The molecule has 1 atom stereocenters. The first-order valence-electron chi connectivity index (χ1n) is 5.86. The maximum absolute atomic E-state index is 9.82. The molecule has 0 aliphatic carbocycles. The molecule has 0 saturated carbocycles. The van der Waals surface area contributed by atoms with E-state index in [1.54, 1.807) is 12.4 Å². The van der Waals surface area contributed by atoms with Crippen LogP contribution in [0.1, 0.15) is 38.4 Å². The summed E-state index contributed by atoms with van der Waals surface area (Å²) in [4.78, 5) is 3.91. The smallest absolute Gasteiger partial charge is 0.0813 e. The fraction of sp³-hybridized carbons (Fsp3) is 0.615. The largest absolute Gasteiger partial charge is 0.388 e. The van der Waals surface area contributed by atoms with Gasteiger partial charge in [0.15, 0.2) is 0 Å². The number of hydrogen-bond acceptors (Lipinski definition) is 3. The Bertz CT molecular complexity index is 275. The van der Waals surface area contributed by atoms with Gasteiger partial charge in [-0.3, -0.25) is 4.98 Å². The van der Waals surface area contributed by atoms with Gasteiger partial charge in [-0.2, -0.15) is 0 Å². The molecular formula is C13H21NO2. The normalized spacial score (nSPS) is 13.0. The highest BCUT2D eigenvalue weighted by Crippen LogP contribution is 2.15. The van der Waals surface area contributed by atoms with Crippen molar-refractivity contribution in [3.63, 3.8) is 0 Å². The zero-order chi connectivity index (χ0) is 11.8. The first-order valence-corrected chi connectivity index (χ1v) is 5.86. The van der Waals surface area contributed by atoms with Gasteiger partial charge in [0, 0.05) is 32.0 Å². The van der Waals surface area contributed by atoms with Crippen molar-refractivity contribution in [2.45, 2.75) is 32.8 Å². The molecule has 0 amide bonds. The minimum atomic E-state index is -0.443. The van der Waals surface area contributed by atoms with Crippen LogP contribution in [0.15, 0.2) is 24.5 Å². The molecule has 0 saturated heterocycles. The van der Waals surface area contributed by atoms with Crippen LogP contribution in [0.3, 0.4) is 0 Å². The monoisotopic (exact) mass is 223 g/mol. The number of nitrogens with zero attached hydrogens (tertiary/aromatic N) is 1. The van der Waals surface area contributed by atoms with Crippen molar-refractivity contribution in [1.29, 1.82) is 0 Å². The van der Waals surface area contributed by atoms with Crippen LogP contribution in [0.5, 0.6) is 0 Å². The highest BCUT2D eigenvalue weighted by Gasteiger charge is 2.06. The molecule has 0 radical (unpaired) electrons. The Labute approximate surface area is 97.5 Å². The molecule has 90 valence electrons. The summed E-state index contributed by atoms with van der Waals surface area (Å²) in [6.07, 6.45) is 4.66. The van der Waals surface area contributed by atoms with E-state index >= 15 is 0 Å². The second-order valence-corrected chi connectivity index (χ2v) is 4.38. The predicted octanol–water partition coefficient (Wildman–Crippen LogP) is 2.57. The highest BCUT2D eigenvalue weighted by atomic mass is 16.5. The summed E-state index contributed by atoms with van der Waals surface area (Å²) in [5.41, 5.74) is 0.905. The number of aliphatic hydroxyl groups excluding tert-OH is 1. The van der Waals surface area contributed by atoms with Crippen molar-refractivity contribution in [1.82, 2.24) is 4.98 Å². The molecule has 0 aliphatic heterocycles. The Morgan fingerprint density at radius 2 is 1.81 bits per heavy atom. The van der Waals surface area contributed by atoms with Crippen LogP contribution in [-0.4, -0.2) is 23.3 Å². The fourth-order valence-corrected chi connectivity index (χ4v) is 1.37. The lowest BCUT2D eigenvalue weighted by Crippen LogP contribution is -2.05. The molecule has 1 rings (SSSR count). The summed E-state index contributed by atoms with van der Waals surface area (Å²) in [6, 6.07) is 3.66. The van der Waals surface area contributed by atoms with E-state index in [2.05, 4.69) is 18.8 Å². The van der Waals surface area contributed by atoms with Gasteiger partial charge < -0.3 is 9.84 Å². The van der Waals surface area contributed by atoms with Crippen LogP contribution < -0.4 is 0 Å². The Balaban J connectivity index is 2.14. The van der Waals surface area contributed by atoms with Crippen molar-refractivity contribution in [3.8, 4) is 0 Å². The molecule has 1 aromatic rings. The summed E-state index contributed by atoms with van der Waals surface area (Å²) < 4.78 is 5.46. The lowest BCUT2D eigenvalue weighted by molar-refractivity contribution is 0.0766. The topological polar surface area (TPSA) is 42.4 Å². The lowest BCUT2D eigenvalue weighted by Gasteiger charge is -2.11. The zero-order valence-electron chi connectivity index (χ0n) is 10.1.